The Kier molecular flexibility index (Phi) is 3.15. The zero-order valence-corrected chi connectivity index (χ0v) is 12.0. The lowest BCUT2D eigenvalue weighted by Gasteiger charge is -2.09. The topological polar surface area (TPSA) is 51.2 Å². The van der Waals surface area contributed by atoms with E-state index in [4.69, 9.17) is 11.6 Å². The highest BCUT2D eigenvalue weighted by Gasteiger charge is 2.40. The van der Waals surface area contributed by atoms with Gasteiger partial charge in [-0.2, -0.15) is 0 Å². The summed E-state index contributed by atoms with van der Waals surface area (Å²) in [7, 11) is -3.66. The van der Waals surface area contributed by atoms with E-state index in [9.17, 15) is 13.2 Å². The van der Waals surface area contributed by atoms with Gasteiger partial charge in [-0.25, -0.2) is 8.42 Å². The Morgan fingerprint density at radius 1 is 1.05 bits per heavy atom. The Morgan fingerprint density at radius 3 is 2.45 bits per heavy atom. The molecule has 0 bridgehead atoms. The van der Waals surface area contributed by atoms with Crippen LogP contribution in [0.4, 0.5) is 0 Å². The summed E-state index contributed by atoms with van der Waals surface area (Å²) >= 11 is 5.89. The first-order valence-corrected chi connectivity index (χ1v) is 8.04. The third-order valence-corrected chi connectivity index (χ3v) is 5.77. The molecule has 2 aromatic rings. The van der Waals surface area contributed by atoms with E-state index in [0.717, 1.165) is 0 Å². The van der Waals surface area contributed by atoms with Crippen LogP contribution in [-0.4, -0.2) is 19.5 Å². The predicted molar refractivity (Wildman–Crippen MR) is 76.9 cm³/mol. The van der Waals surface area contributed by atoms with Crippen molar-refractivity contribution in [3.63, 3.8) is 0 Å². The number of hydrogen-bond acceptors (Lipinski definition) is 3. The molecule has 5 heteroatoms. The van der Waals surface area contributed by atoms with Crippen LogP contribution in [0.1, 0.15) is 15.9 Å². The van der Waals surface area contributed by atoms with Crippen molar-refractivity contribution >= 4 is 27.2 Å². The van der Waals surface area contributed by atoms with Crippen LogP contribution >= 0.6 is 11.6 Å². The number of sulfone groups is 1. The molecule has 0 spiro atoms. The largest absolute Gasteiger partial charge is 0.293 e. The van der Waals surface area contributed by atoms with Crippen molar-refractivity contribution in [3.8, 4) is 0 Å². The maximum atomic E-state index is 12.5. The second-order valence-electron chi connectivity index (χ2n) is 4.72. The standard InChI is InChI=1S/C15H11ClO3S/c16-11-6-7-13-10(8-11)9-14(15(13)17)20(18,19)12-4-2-1-3-5-12/h1-8,14H,9H2. The average molecular weight is 307 g/mol. The highest BCUT2D eigenvalue weighted by atomic mass is 35.5. The summed E-state index contributed by atoms with van der Waals surface area (Å²) < 4.78 is 25.1. The molecule has 0 N–H and O–H groups in total. The van der Waals surface area contributed by atoms with Crippen molar-refractivity contribution in [1.29, 1.82) is 0 Å². The Balaban J connectivity index is 2.05. The molecule has 1 atom stereocenters. The first-order valence-electron chi connectivity index (χ1n) is 6.12. The molecule has 20 heavy (non-hydrogen) atoms. The van der Waals surface area contributed by atoms with Gasteiger partial charge in [-0.3, -0.25) is 4.79 Å². The Morgan fingerprint density at radius 2 is 1.75 bits per heavy atom. The zero-order valence-electron chi connectivity index (χ0n) is 10.4. The van der Waals surface area contributed by atoms with Gasteiger partial charge in [0.1, 0.15) is 5.25 Å². The fourth-order valence-corrected chi connectivity index (χ4v) is 4.33. The quantitative estimate of drug-likeness (QED) is 0.857. The molecule has 0 aromatic heterocycles. The first-order chi connectivity index (χ1) is 9.50. The summed E-state index contributed by atoms with van der Waals surface area (Å²) in [6.07, 6.45) is 0.186. The molecule has 1 unspecified atom stereocenters. The minimum atomic E-state index is -3.66. The number of fused-ring (bicyclic) bond motifs is 1. The van der Waals surface area contributed by atoms with Crippen LogP contribution in [0.2, 0.25) is 5.02 Å². The molecular weight excluding hydrogens is 296 g/mol. The highest BCUT2D eigenvalue weighted by Crippen LogP contribution is 2.31. The van der Waals surface area contributed by atoms with E-state index in [-0.39, 0.29) is 17.1 Å². The monoisotopic (exact) mass is 306 g/mol. The Bertz CT molecular complexity index is 782. The molecule has 0 amide bonds. The molecule has 3 rings (SSSR count). The summed E-state index contributed by atoms with van der Waals surface area (Å²) in [6.45, 7) is 0. The van der Waals surface area contributed by atoms with E-state index >= 15 is 0 Å². The van der Waals surface area contributed by atoms with E-state index < -0.39 is 15.1 Å². The smallest absolute Gasteiger partial charge is 0.189 e. The molecule has 1 aliphatic rings. The number of ketones is 1. The van der Waals surface area contributed by atoms with Crippen LogP contribution in [0.5, 0.6) is 0 Å². The third kappa shape index (κ3) is 2.05. The number of halogens is 1. The number of rotatable bonds is 2. The summed E-state index contributed by atoms with van der Waals surface area (Å²) in [5, 5.41) is -0.535. The van der Waals surface area contributed by atoms with Gasteiger partial charge in [0.2, 0.25) is 0 Å². The lowest BCUT2D eigenvalue weighted by Crippen LogP contribution is -2.27. The molecule has 0 radical (unpaired) electrons. The number of benzene rings is 2. The highest BCUT2D eigenvalue weighted by molar-refractivity contribution is 7.92. The van der Waals surface area contributed by atoms with E-state index in [1.807, 2.05) is 0 Å². The first kappa shape index (κ1) is 13.3. The number of carbonyl (C=O) groups excluding carboxylic acids is 1. The van der Waals surface area contributed by atoms with Crippen LogP contribution in [0.3, 0.4) is 0 Å². The van der Waals surface area contributed by atoms with Crippen molar-refractivity contribution in [2.45, 2.75) is 16.6 Å². The third-order valence-electron chi connectivity index (χ3n) is 3.48. The molecule has 0 heterocycles. The maximum Gasteiger partial charge on any atom is 0.189 e. The maximum absolute atomic E-state index is 12.5. The normalized spacial score (nSPS) is 18.1. The number of carbonyl (C=O) groups is 1. The number of hydrogen-bond donors (Lipinski definition) is 0. The van der Waals surface area contributed by atoms with Crippen LogP contribution in [0.15, 0.2) is 53.4 Å². The van der Waals surface area contributed by atoms with E-state index in [1.165, 1.54) is 12.1 Å². The number of Topliss-reactive ketones (excluding diaryl/α,β-unsaturated/α-hetero) is 1. The van der Waals surface area contributed by atoms with Crippen molar-refractivity contribution < 1.29 is 13.2 Å². The van der Waals surface area contributed by atoms with Crippen molar-refractivity contribution in [3.05, 3.63) is 64.7 Å². The molecule has 102 valence electrons. The predicted octanol–water partition coefficient (Wildman–Crippen LogP) is 2.92. The fraction of sp³-hybridized carbons (Fsp3) is 0.133. The summed E-state index contributed by atoms with van der Waals surface area (Å²) in [5.74, 6) is -0.347. The minimum Gasteiger partial charge on any atom is -0.293 e. The molecule has 2 aromatic carbocycles. The summed E-state index contributed by atoms with van der Waals surface area (Å²) in [4.78, 5) is 12.5. The average Bonchev–Trinajstić information content (AvgIpc) is 2.77. The minimum absolute atomic E-state index is 0.178. The SMILES string of the molecule is O=C1c2ccc(Cl)cc2CC1S(=O)(=O)c1ccccc1. The van der Waals surface area contributed by atoms with Crippen molar-refractivity contribution in [2.24, 2.45) is 0 Å². The van der Waals surface area contributed by atoms with Gasteiger partial charge in [-0.15, -0.1) is 0 Å². The van der Waals surface area contributed by atoms with Gasteiger partial charge >= 0.3 is 0 Å². The Hall–Kier alpha value is -1.65. The van der Waals surface area contributed by atoms with Crippen molar-refractivity contribution in [2.75, 3.05) is 0 Å². The van der Waals surface area contributed by atoms with Gasteiger partial charge in [0, 0.05) is 10.6 Å². The van der Waals surface area contributed by atoms with Gasteiger partial charge < -0.3 is 0 Å². The molecule has 0 saturated heterocycles. The lowest BCUT2D eigenvalue weighted by atomic mass is 10.1. The second kappa shape index (κ2) is 4.72. The van der Waals surface area contributed by atoms with Gasteiger partial charge in [-0.1, -0.05) is 29.8 Å². The molecular formula is C15H11ClO3S. The van der Waals surface area contributed by atoms with Crippen LogP contribution in [0.25, 0.3) is 0 Å². The lowest BCUT2D eigenvalue weighted by molar-refractivity contribution is 0.0998. The van der Waals surface area contributed by atoms with Crippen LogP contribution in [-0.2, 0) is 16.3 Å². The zero-order chi connectivity index (χ0) is 14.3. The molecule has 0 saturated carbocycles. The summed E-state index contributed by atoms with van der Waals surface area (Å²) in [5.41, 5.74) is 1.16. The fourth-order valence-electron chi connectivity index (χ4n) is 2.46. The second-order valence-corrected chi connectivity index (χ2v) is 7.28. The van der Waals surface area contributed by atoms with Crippen LogP contribution < -0.4 is 0 Å². The molecule has 0 fully saturated rings. The van der Waals surface area contributed by atoms with Gasteiger partial charge in [-0.05, 0) is 42.3 Å². The van der Waals surface area contributed by atoms with Gasteiger partial charge in [0.05, 0.1) is 4.90 Å². The van der Waals surface area contributed by atoms with E-state index in [2.05, 4.69) is 0 Å². The molecule has 1 aliphatic carbocycles. The molecule has 0 aliphatic heterocycles. The van der Waals surface area contributed by atoms with E-state index in [0.29, 0.717) is 16.1 Å². The summed E-state index contributed by atoms with van der Waals surface area (Å²) in [6, 6.07) is 12.9. The van der Waals surface area contributed by atoms with Crippen molar-refractivity contribution in [1.82, 2.24) is 0 Å². The van der Waals surface area contributed by atoms with Gasteiger partial charge in [0.15, 0.2) is 15.6 Å². The Labute approximate surface area is 122 Å². The van der Waals surface area contributed by atoms with E-state index in [1.54, 1.807) is 36.4 Å². The van der Waals surface area contributed by atoms with Crippen LogP contribution in [0, 0.1) is 0 Å². The molecule has 3 nitrogen and oxygen atoms in total. The van der Waals surface area contributed by atoms with Gasteiger partial charge in [0.25, 0.3) is 0 Å².